The largest absolute Gasteiger partial charge is 0.309 e. The molecule has 0 saturated heterocycles. The minimum atomic E-state index is -0.0640. The van der Waals surface area contributed by atoms with Gasteiger partial charge >= 0.3 is 0 Å². The third-order valence-electron chi connectivity index (χ3n) is 6.41. The summed E-state index contributed by atoms with van der Waals surface area (Å²) in [6.45, 7) is 6.33. The molecule has 0 bridgehead atoms. The lowest BCUT2D eigenvalue weighted by Crippen LogP contribution is -2.22. The molecule has 1 fully saturated rings. The number of rotatable bonds is 5. The molecule has 166 valence electrons. The number of nitrogens with one attached hydrogen (secondary N) is 1. The van der Waals surface area contributed by atoms with Crippen LogP contribution < -0.4 is 5.56 Å². The molecule has 1 saturated carbocycles. The number of fused-ring (bicyclic) bond motifs is 1. The summed E-state index contributed by atoms with van der Waals surface area (Å²) in [4.78, 5) is 26.6. The van der Waals surface area contributed by atoms with Crippen molar-refractivity contribution in [1.29, 1.82) is 0 Å². The quantitative estimate of drug-likeness (QED) is 0.402. The summed E-state index contributed by atoms with van der Waals surface area (Å²) in [6, 6.07) is 4.32. The van der Waals surface area contributed by atoms with Crippen LogP contribution >= 0.6 is 23.1 Å². The van der Waals surface area contributed by atoms with Crippen LogP contribution in [0, 0.1) is 19.8 Å². The number of H-pyrrole nitrogens is 1. The molecule has 7 nitrogen and oxygen atoms in total. The molecule has 5 rings (SSSR count). The third kappa shape index (κ3) is 3.88. The topological polar surface area (TPSA) is 89.3 Å². The van der Waals surface area contributed by atoms with Gasteiger partial charge in [0, 0.05) is 28.9 Å². The van der Waals surface area contributed by atoms with Crippen molar-refractivity contribution in [1.82, 2.24) is 29.7 Å². The molecule has 9 heteroatoms. The van der Waals surface area contributed by atoms with Crippen LogP contribution in [0.3, 0.4) is 0 Å². The standard InChI is InChI=1S/C23H26N6OS2/c1-13-7-4-5-9-17(13)29-20(16-8-6-10-24-11-16)27-28-23(29)31-12-18-25-21(30)19-14(2)15(3)32-22(19)26-18/h6,8,10-11,13,17H,4-5,7,9,12H2,1-3H3,(H,25,26,30)/t13-,17-/m0/s1. The van der Waals surface area contributed by atoms with Crippen LogP contribution in [-0.4, -0.2) is 29.7 Å². The van der Waals surface area contributed by atoms with E-state index in [-0.39, 0.29) is 5.56 Å². The second-order valence-corrected chi connectivity index (χ2v) is 10.7. The van der Waals surface area contributed by atoms with Crippen LogP contribution in [0.2, 0.25) is 0 Å². The number of hydrogen-bond donors (Lipinski definition) is 1. The molecule has 0 amide bonds. The van der Waals surface area contributed by atoms with Gasteiger partial charge in [0.05, 0.1) is 11.1 Å². The molecule has 1 aliphatic carbocycles. The van der Waals surface area contributed by atoms with Crippen molar-refractivity contribution in [3.63, 3.8) is 0 Å². The highest BCUT2D eigenvalue weighted by atomic mass is 32.2. The van der Waals surface area contributed by atoms with E-state index in [4.69, 9.17) is 4.98 Å². The van der Waals surface area contributed by atoms with Gasteiger partial charge in [-0.25, -0.2) is 4.98 Å². The van der Waals surface area contributed by atoms with Crippen LogP contribution in [0.25, 0.3) is 21.6 Å². The molecule has 2 atom stereocenters. The number of aromatic amines is 1. The zero-order valence-corrected chi connectivity index (χ0v) is 20.1. The van der Waals surface area contributed by atoms with Crippen molar-refractivity contribution < 1.29 is 0 Å². The fraction of sp³-hybridized carbons (Fsp3) is 0.435. The zero-order chi connectivity index (χ0) is 22.2. The summed E-state index contributed by atoms with van der Waals surface area (Å²) in [7, 11) is 0. The number of aromatic nitrogens is 6. The van der Waals surface area contributed by atoms with Crippen LogP contribution in [0.15, 0.2) is 34.5 Å². The first-order chi connectivity index (χ1) is 15.5. The van der Waals surface area contributed by atoms with E-state index in [0.717, 1.165) is 38.2 Å². The predicted molar refractivity (Wildman–Crippen MR) is 129 cm³/mol. The fourth-order valence-corrected chi connectivity index (χ4v) is 6.46. The van der Waals surface area contributed by atoms with E-state index in [1.165, 1.54) is 19.3 Å². The Bertz CT molecular complexity index is 1310. The molecule has 0 spiro atoms. The molecule has 0 unspecified atom stereocenters. The van der Waals surface area contributed by atoms with E-state index in [1.54, 1.807) is 29.3 Å². The van der Waals surface area contributed by atoms with Crippen molar-refractivity contribution in [3.05, 3.63) is 51.1 Å². The Labute approximate surface area is 194 Å². The maximum atomic E-state index is 12.7. The number of pyridine rings is 1. The molecule has 32 heavy (non-hydrogen) atoms. The molecular weight excluding hydrogens is 440 g/mol. The van der Waals surface area contributed by atoms with E-state index in [2.05, 4.69) is 31.7 Å². The number of nitrogens with zero attached hydrogens (tertiary/aromatic N) is 5. The first-order valence-corrected chi connectivity index (χ1v) is 12.8. The summed E-state index contributed by atoms with van der Waals surface area (Å²) < 4.78 is 2.29. The van der Waals surface area contributed by atoms with Crippen molar-refractivity contribution in [3.8, 4) is 11.4 Å². The zero-order valence-electron chi connectivity index (χ0n) is 18.5. The van der Waals surface area contributed by atoms with Crippen LogP contribution in [-0.2, 0) is 5.75 Å². The second-order valence-electron chi connectivity index (χ2n) is 8.51. The van der Waals surface area contributed by atoms with Gasteiger partial charge < -0.3 is 4.98 Å². The van der Waals surface area contributed by atoms with Crippen molar-refractivity contribution in [2.75, 3.05) is 0 Å². The normalized spacial score (nSPS) is 19.0. The molecule has 0 aliphatic heterocycles. The summed E-state index contributed by atoms with van der Waals surface area (Å²) in [6.07, 6.45) is 8.44. The lowest BCUT2D eigenvalue weighted by molar-refractivity contribution is 0.247. The van der Waals surface area contributed by atoms with Gasteiger partial charge in [0.2, 0.25) is 0 Å². The Hall–Kier alpha value is -2.52. The molecule has 1 aliphatic rings. The molecule has 1 N–H and O–H groups in total. The van der Waals surface area contributed by atoms with Gasteiger partial charge in [0.1, 0.15) is 10.7 Å². The summed E-state index contributed by atoms with van der Waals surface area (Å²) in [5.41, 5.74) is 1.93. The van der Waals surface area contributed by atoms with Gasteiger partial charge in [-0.15, -0.1) is 21.5 Å². The average Bonchev–Trinajstić information content (AvgIpc) is 3.34. The molecule has 0 radical (unpaired) electrons. The number of aryl methyl sites for hydroxylation is 2. The van der Waals surface area contributed by atoms with Gasteiger partial charge in [-0.3, -0.25) is 14.3 Å². The maximum absolute atomic E-state index is 12.7. The number of hydrogen-bond acceptors (Lipinski definition) is 7. The minimum absolute atomic E-state index is 0.0640. The van der Waals surface area contributed by atoms with E-state index in [1.807, 2.05) is 32.2 Å². The highest BCUT2D eigenvalue weighted by Gasteiger charge is 2.29. The van der Waals surface area contributed by atoms with E-state index in [9.17, 15) is 4.79 Å². The molecule has 0 aromatic carbocycles. The smallest absolute Gasteiger partial charge is 0.259 e. The molecular formula is C23H26N6OS2. The summed E-state index contributed by atoms with van der Waals surface area (Å²) in [5, 5.41) is 10.7. The Morgan fingerprint density at radius 1 is 1.25 bits per heavy atom. The van der Waals surface area contributed by atoms with Crippen LogP contribution in [0.5, 0.6) is 0 Å². The van der Waals surface area contributed by atoms with Crippen molar-refractivity contribution >= 4 is 33.3 Å². The lowest BCUT2D eigenvalue weighted by atomic mass is 9.85. The SMILES string of the molecule is Cc1sc2nc(CSc3nnc(-c4cccnc4)n3[C@H]3CCCC[C@@H]3C)[nH]c(=O)c2c1C. The van der Waals surface area contributed by atoms with E-state index < -0.39 is 0 Å². The predicted octanol–water partition coefficient (Wildman–Crippen LogP) is 5.30. The second kappa shape index (κ2) is 8.78. The minimum Gasteiger partial charge on any atom is -0.309 e. The Kier molecular flexibility index (Phi) is 5.86. The van der Waals surface area contributed by atoms with Crippen molar-refractivity contribution in [2.24, 2.45) is 5.92 Å². The van der Waals surface area contributed by atoms with E-state index >= 15 is 0 Å². The first-order valence-electron chi connectivity index (χ1n) is 11.0. The van der Waals surface area contributed by atoms with Gasteiger partial charge in [-0.05, 0) is 50.3 Å². The monoisotopic (exact) mass is 466 g/mol. The van der Waals surface area contributed by atoms with Gasteiger partial charge in [0.25, 0.3) is 5.56 Å². The van der Waals surface area contributed by atoms with Crippen LogP contribution in [0.4, 0.5) is 0 Å². The van der Waals surface area contributed by atoms with E-state index in [0.29, 0.717) is 28.9 Å². The molecule has 4 aromatic rings. The lowest BCUT2D eigenvalue weighted by Gasteiger charge is -2.31. The third-order valence-corrected chi connectivity index (χ3v) is 8.46. The molecule has 4 heterocycles. The Morgan fingerprint density at radius 3 is 2.88 bits per heavy atom. The fourth-order valence-electron chi connectivity index (χ4n) is 4.55. The summed E-state index contributed by atoms with van der Waals surface area (Å²) in [5.74, 6) is 2.62. The molecule has 4 aromatic heterocycles. The number of thioether (sulfide) groups is 1. The van der Waals surface area contributed by atoms with Crippen molar-refractivity contribution in [2.45, 2.75) is 63.4 Å². The van der Waals surface area contributed by atoms with Gasteiger partial charge in [0.15, 0.2) is 11.0 Å². The average molecular weight is 467 g/mol. The summed E-state index contributed by atoms with van der Waals surface area (Å²) >= 11 is 3.16. The first kappa shape index (κ1) is 21.3. The highest BCUT2D eigenvalue weighted by Crippen LogP contribution is 2.39. The Balaban J connectivity index is 1.49. The van der Waals surface area contributed by atoms with Crippen LogP contribution in [0.1, 0.15) is 54.9 Å². The maximum Gasteiger partial charge on any atom is 0.259 e. The van der Waals surface area contributed by atoms with Gasteiger partial charge in [-0.2, -0.15) is 0 Å². The highest BCUT2D eigenvalue weighted by molar-refractivity contribution is 7.98. The van der Waals surface area contributed by atoms with Gasteiger partial charge in [-0.1, -0.05) is 31.5 Å². The number of thiophene rings is 1. The Morgan fingerprint density at radius 2 is 2.09 bits per heavy atom.